The molecule has 1 amide bonds. The lowest BCUT2D eigenvalue weighted by Crippen LogP contribution is -2.25. The molecule has 0 aromatic heterocycles. The summed E-state index contributed by atoms with van der Waals surface area (Å²) in [6.45, 7) is 4.44. The molecule has 0 aromatic carbocycles. The number of carbonyl (C=O) groups is 1. The Hall–Kier alpha value is -0.570. The van der Waals surface area contributed by atoms with Gasteiger partial charge in [-0.15, -0.1) is 0 Å². The zero-order valence-corrected chi connectivity index (χ0v) is 6.39. The van der Waals surface area contributed by atoms with E-state index < -0.39 is 0 Å². The molecule has 0 aromatic rings. The average molecular weight is 143 g/mol. The van der Waals surface area contributed by atoms with Gasteiger partial charge in [-0.2, -0.15) is 0 Å². The quantitative estimate of drug-likeness (QED) is 0.591. The van der Waals surface area contributed by atoms with Gasteiger partial charge in [0, 0.05) is 5.92 Å². The summed E-state index contributed by atoms with van der Waals surface area (Å²) in [4.78, 5) is 15.7. The van der Waals surface area contributed by atoms with Gasteiger partial charge in [0.25, 0.3) is 0 Å². The van der Waals surface area contributed by atoms with Crippen molar-refractivity contribution in [3.05, 3.63) is 0 Å². The SMILES string of the molecule is CCONC(=O)[C@H]1C[C@@H]1C. The van der Waals surface area contributed by atoms with Crippen LogP contribution in [-0.2, 0) is 9.63 Å². The zero-order chi connectivity index (χ0) is 7.56. The molecule has 0 aliphatic heterocycles. The van der Waals surface area contributed by atoms with Gasteiger partial charge < -0.3 is 0 Å². The highest BCUT2D eigenvalue weighted by atomic mass is 16.6. The third-order valence-corrected chi connectivity index (χ3v) is 1.76. The Labute approximate surface area is 60.7 Å². The van der Waals surface area contributed by atoms with E-state index in [1.54, 1.807) is 0 Å². The van der Waals surface area contributed by atoms with Crippen molar-refractivity contribution in [2.45, 2.75) is 20.3 Å². The maximum atomic E-state index is 10.9. The second-order valence-electron chi connectivity index (χ2n) is 2.72. The van der Waals surface area contributed by atoms with Gasteiger partial charge in [-0.3, -0.25) is 9.63 Å². The molecule has 0 unspecified atom stereocenters. The van der Waals surface area contributed by atoms with E-state index in [-0.39, 0.29) is 11.8 Å². The first-order chi connectivity index (χ1) is 4.75. The van der Waals surface area contributed by atoms with Crippen molar-refractivity contribution in [3.63, 3.8) is 0 Å². The van der Waals surface area contributed by atoms with Crippen molar-refractivity contribution >= 4 is 5.91 Å². The topological polar surface area (TPSA) is 38.3 Å². The lowest BCUT2D eigenvalue weighted by Gasteiger charge is -2.00. The van der Waals surface area contributed by atoms with Crippen molar-refractivity contribution in [2.24, 2.45) is 11.8 Å². The van der Waals surface area contributed by atoms with Crippen LogP contribution in [0.25, 0.3) is 0 Å². The Balaban J connectivity index is 2.11. The van der Waals surface area contributed by atoms with E-state index in [0.29, 0.717) is 12.5 Å². The average Bonchev–Trinajstić information content (AvgIpc) is 2.62. The van der Waals surface area contributed by atoms with Crippen LogP contribution in [-0.4, -0.2) is 12.5 Å². The minimum Gasteiger partial charge on any atom is -0.274 e. The van der Waals surface area contributed by atoms with Crippen molar-refractivity contribution in [1.82, 2.24) is 5.48 Å². The molecule has 3 heteroatoms. The Morgan fingerprint density at radius 2 is 2.40 bits per heavy atom. The monoisotopic (exact) mass is 143 g/mol. The first-order valence-corrected chi connectivity index (χ1v) is 3.67. The number of nitrogens with one attached hydrogen (secondary N) is 1. The van der Waals surface area contributed by atoms with Crippen molar-refractivity contribution < 1.29 is 9.63 Å². The Kier molecular flexibility index (Phi) is 2.27. The minimum atomic E-state index is 0.0364. The summed E-state index contributed by atoms with van der Waals surface area (Å²) in [5.74, 6) is 0.807. The molecule has 0 bridgehead atoms. The van der Waals surface area contributed by atoms with Gasteiger partial charge in [-0.1, -0.05) is 6.92 Å². The predicted molar refractivity (Wildman–Crippen MR) is 37.0 cm³/mol. The number of hydrogen-bond donors (Lipinski definition) is 1. The highest BCUT2D eigenvalue weighted by molar-refractivity contribution is 5.80. The summed E-state index contributed by atoms with van der Waals surface area (Å²) < 4.78 is 0. The van der Waals surface area contributed by atoms with Gasteiger partial charge in [-0.05, 0) is 19.3 Å². The molecule has 0 spiro atoms. The fraction of sp³-hybridized carbons (Fsp3) is 0.857. The van der Waals surface area contributed by atoms with Gasteiger partial charge in [0.2, 0.25) is 5.91 Å². The molecule has 0 heterocycles. The Bertz CT molecular complexity index is 136. The fourth-order valence-electron chi connectivity index (χ4n) is 0.906. The van der Waals surface area contributed by atoms with Crippen molar-refractivity contribution in [1.29, 1.82) is 0 Å². The summed E-state index contributed by atoms with van der Waals surface area (Å²) in [6, 6.07) is 0. The van der Waals surface area contributed by atoms with E-state index in [1.165, 1.54) is 0 Å². The summed E-state index contributed by atoms with van der Waals surface area (Å²) in [6.07, 6.45) is 1.01. The van der Waals surface area contributed by atoms with Crippen LogP contribution >= 0.6 is 0 Å². The van der Waals surface area contributed by atoms with Crippen molar-refractivity contribution in [3.8, 4) is 0 Å². The predicted octanol–water partition coefficient (Wildman–Crippen LogP) is 0.710. The first kappa shape index (κ1) is 7.54. The number of rotatable bonds is 3. The smallest absolute Gasteiger partial charge is 0.246 e. The molecule has 2 atom stereocenters. The molecule has 0 radical (unpaired) electrons. The lowest BCUT2D eigenvalue weighted by atomic mass is 10.3. The van der Waals surface area contributed by atoms with E-state index >= 15 is 0 Å². The zero-order valence-electron chi connectivity index (χ0n) is 6.39. The standard InChI is InChI=1S/C7H13NO2/c1-3-10-8-7(9)6-4-5(6)2/h5-6H,3-4H2,1-2H3,(H,8,9)/t5-,6-/m0/s1. The minimum absolute atomic E-state index is 0.0364. The molecule has 1 fully saturated rings. The lowest BCUT2D eigenvalue weighted by molar-refractivity contribution is -0.134. The van der Waals surface area contributed by atoms with Crippen LogP contribution in [0.1, 0.15) is 20.3 Å². The largest absolute Gasteiger partial charge is 0.274 e. The normalized spacial score (nSPS) is 29.8. The maximum absolute atomic E-state index is 10.9. The number of hydrogen-bond acceptors (Lipinski definition) is 2. The number of amides is 1. The van der Waals surface area contributed by atoms with Gasteiger partial charge in [0.15, 0.2) is 0 Å². The summed E-state index contributed by atoms with van der Waals surface area (Å²) >= 11 is 0. The maximum Gasteiger partial charge on any atom is 0.246 e. The van der Waals surface area contributed by atoms with E-state index in [0.717, 1.165) is 6.42 Å². The molecule has 1 N–H and O–H groups in total. The molecule has 3 nitrogen and oxygen atoms in total. The fourth-order valence-corrected chi connectivity index (χ4v) is 0.906. The Morgan fingerprint density at radius 3 is 2.80 bits per heavy atom. The summed E-state index contributed by atoms with van der Waals surface area (Å²) in [7, 11) is 0. The third kappa shape index (κ3) is 1.70. The number of carbonyl (C=O) groups excluding carboxylic acids is 1. The molecule has 1 aliphatic carbocycles. The van der Waals surface area contributed by atoms with E-state index in [2.05, 4.69) is 12.4 Å². The van der Waals surface area contributed by atoms with Crippen LogP contribution in [0, 0.1) is 11.8 Å². The molecule has 1 aliphatic rings. The van der Waals surface area contributed by atoms with Crippen LogP contribution in [0.4, 0.5) is 0 Å². The van der Waals surface area contributed by atoms with E-state index in [9.17, 15) is 4.79 Å². The van der Waals surface area contributed by atoms with Crippen LogP contribution in [0.5, 0.6) is 0 Å². The van der Waals surface area contributed by atoms with Crippen LogP contribution in [0.3, 0.4) is 0 Å². The van der Waals surface area contributed by atoms with E-state index in [4.69, 9.17) is 4.84 Å². The van der Waals surface area contributed by atoms with E-state index in [1.807, 2.05) is 6.92 Å². The second kappa shape index (κ2) is 3.01. The van der Waals surface area contributed by atoms with Crippen LogP contribution in [0.2, 0.25) is 0 Å². The second-order valence-corrected chi connectivity index (χ2v) is 2.72. The number of hydroxylamine groups is 1. The van der Waals surface area contributed by atoms with Crippen molar-refractivity contribution in [2.75, 3.05) is 6.61 Å². The molecule has 58 valence electrons. The molecular weight excluding hydrogens is 130 g/mol. The molecule has 1 rings (SSSR count). The van der Waals surface area contributed by atoms with Crippen LogP contribution in [0.15, 0.2) is 0 Å². The highest BCUT2D eigenvalue weighted by Gasteiger charge is 2.39. The van der Waals surface area contributed by atoms with Gasteiger partial charge >= 0.3 is 0 Å². The third-order valence-electron chi connectivity index (χ3n) is 1.76. The molecule has 10 heavy (non-hydrogen) atoms. The highest BCUT2D eigenvalue weighted by Crippen LogP contribution is 2.37. The van der Waals surface area contributed by atoms with Gasteiger partial charge in [-0.25, -0.2) is 5.48 Å². The molecule has 0 saturated heterocycles. The summed E-state index contributed by atoms with van der Waals surface area (Å²) in [5.41, 5.74) is 2.39. The van der Waals surface area contributed by atoms with Crippen LogP contribution < -0.4 is 5.48 Å². The molecular formula is C7H13NO2. The van der Waals surface area contributed by atoms with Gasteiger partial charge in [0.1, 0.15) is 0 Å². The molecule has 1 saturated carbocycles. The van der Waals surface area contributed by atoms with Gasteiger partial charge in [0.05, 0.1) is 6.61 Å². The summed E-state index contributed by atoms with van der Waals surface area (Å²) in [5, 5.41) is 0. The Morgan fingerprint density at radius 1 is 1.80 bits per heavy atom. The first-order valence-electron chi connectivity index (χ1n) is 3.67.